The number of Topliss-reactive ketones (excluding diaryl/α,β-unsaturated/α-hetero) is 1. The van der Waals surface area contributed by atoms with Crippen LogP contribution in [-0.4, -0.2) is 11.9 Å². The van der Waals surface area contributed by atoms with E-state index in [1.165, 1.54) is 11.1 Å². The van der Waals surface area contributed by atoms with Gasteiger partial charge in [0.05, 0.1) is 0 Å². The maximum absolute atomic E-state index is 11.1. The summed E-state index contributed by atoms with van der Waals surface area (Å²) < 4.78 is 5.79. The second kappa shape index (κ2) is 4.05. The molecule has 80 valence electrons. The number of hydrogen-bond acceptors (Lipinski definition) is 2. The number of carbonyl (C=O) groups is 1. The molecule has 1 aromatic rings. The summed E-state index contributed by atoms with van der Waals surface area (Å²) in [4.78, 5) is 11.1. The van der Waals surface area contributed by atoms with Crippen molar-refractivity contribution in [2.75, 3.05) is 0 Å². The molecule has 0 N–H and O–H groups in total. The van der Waals surface area contributed by atoms with Crippen LogP contribution in [0.1, 0.15) is 30.4 Å². The molecular formula is C13H16O2. The molecule has 0 aliphatic heterocycles. The second-order valence-electron chi connectivity index (χ2n) is 4.34. The lowest BCUT2D eigenvalue weighted by atomic mass is 10.1. The number of hydrogen-bond donors (Lipinski definition) is 0. The van der Waals surface area contributed by atoms with Crippen molar-refractivity contribution in [3.05, 3.63) is 29.3 Å². The normalized spacial score (nSPS) is 20.7. The molecule has 1 fully saturated rings. The lowest BCUT2D eigenvalue weighted by molar-refractivity contribution is -0.117. The Morgan fingerprint density at radius 2 is 1.87 bits per heavy atom. The Morgan fingerprint density at radius 1 is 1.20 bits per heavy atom. The van der Waals surface area contributed by atoms with E-state index < -0.39 is 0 Å². The van der Waals surface area contributed by atoms with E-state index in [1.807, 2.05) is 12.1 Å². The molecule has 0 aromatic heterocycles. The molecule has 1 aliphatic rings. The fourth-order valence-corrected chi connectivity index (χ4v) is 2.07. The van der Waals surface area contributed by atoms with Crippen molar-refractivity contribution in [3.63, 3.8) is 0 Å². The molecule has 15 heavy (non-hydrogen) atoms. The molecule has 0 spiro atoms. The lowest BCUT2D eigenvalue weighted by Crippen LogP contribution is -2.12. The molecule has 0 heterocycles. The van der Waals surface area contributed by atoms with Gasteiger partial charge in [0.2, 0.25) is 0 Å². The van der Waals surface area contributed by atoms with Crippen LogP contribution in [0.25, 0.3) is 0 Å². The highest BCUT2D eigenvalue weighted by molar-refractivity contribution is 5.81. The minimum absolute atomic E-state index is 0.0960. The van der Waals surface area contributed by atoms with Crippen molar-refractivity contribution in [3.8, 4) is 5.75 Å². The van der Waals surface area contributed by atoms with Crippen LogP contribution in [-0.2, 0) is 4.79 Å². The summed E-state index contributed by atoms with van der Waals surface area (Å²) in [7, 11) is 0. The zero-order valence-electron chi connectivity index (χ0n) is 9.25. The largest absolute Gasteiger partial charge is 0.490 e. The van der Waals surface area contributed by atoms with Crippen LogP contribution in [0.3, 0.4) is 0 Å². The molecule has 2 heteroatoms. The van der Waals surface area contributed by atoms with E-state index >= 15 is 0 Å². The first-order valence-corrected chi connectivity index (χ1v) is 5.40. The van der Waals surface area contributed by atoms with E-state index in [-0.39, 0.29) is 6.10 Å². The molecule has 1 unspecified atom stereocenters. The second-order valence-corrected chi connectivity index (χ2v) is 4.34. The van der Waals surface area contributed by atoms with Gasteiger partial charge in [0.25, 0.3) is 0 Å². The average molecular weight is 204 g/mol. The van der Waals surface area contributed by atoms with E-state index in [9.17, 15) is 4.79 Å². The predicted molar refractivity (Wildman–Crippen MR) is 59.2 cm³/mol. The van der Waals surface area contributed by atoms with Gasteiger partial charge in [-0.25, -0.2) is 0 Å². The smallest absolute Gasteiger partial charge is 0.136 e. The summed E-state index contributed by atoms with van der Waals surface area (Å²) in [6.45, 7) is 4.11. The van der Waals surface area contributed by atoms with Crippen LogP contribution < -0.4 is 4.74 Å². The Bertz CT molecular complexity index is 362. The Labute approximate surface area is 90.3 Å². The highest BCUT2D eigenvalue weighted by Gasteiger charge is 2.23. The standard InChI is InChI=1S/C13H16O2/c1-9-5-10(2)7-13(6-9)15-12-4-3-11(14)8-12/h5-7,12H,3-4,8H2,1-2H3. The maximum Gasteiger partial charge on any atom is 0.136 e. The Morgan fingerprint density at radius 3 is 2.40 bits per heavy atom. The van der Waals surface area contributed by atoms with Crippen LogP contribution in [0.15, 0.2) is 18.2 Å². The maximum atomic E-state index is 11.1. The summed E-state index contributed by atoms with van der Waals surface area (Å²) in [6.07, 6.45) is 2.22. The zero-order chi connectivity index (χ0) is 10.8. The number of aryl methyl sites for hydroxylation is 2. The van der Waals surface area contributed by atoms with E-state index in [4.69, 9.17) is 4.74 Å². The first-order chi connectivity index (χ1) is 7.13. The van der Waals surface area contributed by atoms with Gasteiger partial charge >= 0.3 is 0 Å². The van der Waals surface area contributed by atoms with E-state index in [2.05, 4.69) is 19.9 Å². The Kier molecular flexibility index (Phi) is 2.76. The van der Waals surface area contributed by atoms with Crippen molar-refractivity contribution < 1.29 is 9.53 Å². The summed E-state index contributed by atoms with van der Waals surface area (Å²) in [5.41, 5.74) is 2.41. The van der Waals surface area contributed by atoms with Gasteiger partial charge in [0.15, 0.2) is 0 Å². The van der Waals surface area contributed by atoms with E-state index in [1.54, 1.807) is 0 Å². The third-order valence-electron chi connectivity index (χ3n) is 2.70. The van der Waals surface area contributed by atoms with Crippen molar-refractivity contribution >= 4 is 5.78 Å². The third-order valence-corrected chi connectivity index (χ3v) is 2.70. The van der Waals surface area contributed by atoms with Crippen molar-refractivity contribution in [2.24, 2.45) is 0 Å². The first-order valence-electron chi connectivity index (χ1n) is 5.40. The summed E-state index contributed by atoms with van der Waals surface area (Å²) in [5.74, 6) is 1.22. The van der Waals surface area contributed by atoms with Crippen molar-refractivity contribution in [2.45, 2.75) is 39.2 Å². The monoisotopic (exact) mass is 204 g/mol. The molecule has 0 amide bonds. The van der Waals surface area contributed by atoms with Gasteiger partial charge < -0.3 is 4.74 Å². The molecular weight excluding hydrogens is 188 g/mol. The molecule has 0 radical (unpaired) electrons. The van der Waals surface area contributed by atoms with Gasteiger partial charge in [0.1, 0.15) is 17.6 Å². The van der Waals surface area contributed by atoms with Gasteiger partial charge in [-0.2, -0.15) is 0 Å². The van der Waals surface area contributed by atoms with Crippen LogP contribution >= 0.6 is 0 Å². The highest BCUT2D eigenvalue weighted by Crippen LogP contribution is 2.23. The summed E-state index contributed by atoms with van der Waals surface area (Å²) in [5, 5.41) is 0. The number of rotatable bonds is 2. The molecule has 1 aliphatic carbocycles. The van der Waals surface area contributed by atoms with Gasteiger partial charge in [-0.1, -0.05) is 6.07 Å². The minimum atomic E-state index is 0.0960. The predicted octanol–water partition coefficient (Wildman–Crippen LogP) is 2.80. The Balaban J connectivity index is 2.07. The zero-order valence-corrected chi connectivity index (χ0v) is 9.25. The number of carbonyl (C=O) groups excluding carboxylic acids is 1. The topological polar surface area (TPSA) is 26.3 Å². The summed E-state index contributed by atoms with van der Waals surface area (Å²) >= 11 is 0. The van der Waals surface area contributed by atoms with Crippen LogP contribution in [0, 0.1) is 13.8 Å². The molecule has 2 rings (SSSR count). The van der Waals surface area contributed by atoms with Gasteiger partial charge in [0, 0.05) is 12.8 Å². The lowest BCUT2D eigenvalue weighted by Gasteiger charge is -2.13. The average Bonchev–Trinajstić information content (AvgIpc) is 2.49. The van der Waals surface area contributed by atoms with Gasteiger partial charge in [-0.15, -0.1) is 0 Å². The molecule has 1 aromatic carbocycles. The summed E-state index contributed by atoms with van der Waals surface area (Å²) in [6, 6.07) is 6.16. The van der Waals surface area contributed by atoms with Crippen LogP contribution in [0.5, 0.6) is 5.75 Å². The molecule has 1 saturated carbocycles. The van der Waals surface area contributed by atoms with Crippen molar-refractivity contribution in [1.29, 1.82) is 0 Å². The molecule has 0 bridgehead atoms. The SMILES string of the molecule is Cc1cc(C)cc(OC2CCC(=O)C2)c1. The van der Waals surface area contributed by atoms with Crippen LogP contribution in [0.4, 0.5) is 0 Å². The van der Waals surface area contributed by atoms with Gasteiger partial charge in [-0.3, -0.25) is 4.79 Å². The van der Waals surface area contributed by atoms with Crippen LogP contribution in [0.2, 0.25) is 0 Å². The third kappa shape index (κ3) is 2.58. The van der Waals surface area contributed by atoms with Gasteiger partial charge in [-0.05, 0) is 43.5 Å². The Hall–Kier alpha value is -1.31. The quantitative estimate of drug-likeness (QED) is 0.740. The first kappa shape index (κ1) is 10.2. The van der Waals surface area contributed by atoms with Crippen molar-refractivity contribution in [1.82, 2.24) is 0 Å². The van der Waals surface area contributed by atoms with E-state index in [0.29, 0.717) is 18.6 Å². The minimum Gasteiger partial charge on any atom is -0.490 e. The number of ketones is 1. The number of ether oxygens (including phenoxy) is 1. The van der Waals surface area contributed by atoms with E-state index in [0.717, 1.165) is 12.2 Å². The highest BCUT2D eigenvalue weighted by atomic mass is 16.5. The fraction of sp³-hybridized carbons (Fsp3) is 0.462. The fourth-order valence-electron chi connectivity index (χ4n) is 2.07. The molecule has 2 nitrogen and oxygen atoms in total. The molecule has 1 atom stereocenters. The molecule has 0 saturated heterocycles. The number of benzene rings is 1.